The third-order valence-electron chi connectivity index (χ3n) is 4.36. The van der Waals surface area contributed by atoms with E-state index in [4.69, 9.17) is 9.47 Å². The quantitative estimate of drug-likeness (QED) is 0.536. The third kappa shape index (κ3) is 7.04. The summed E-state index contributed by atoms with van der Waals surface area (Å²) in [5, 5.41) is 7.34. The van der Waals surface area contributed by atoms with Gasteiger partial charge in [0.15, 0.2) is 24.1 Å². The Morgan fingerprint density at radius 3 is 2.67 bits per heavy atom. The molecule has 0 radical (unpaired) electrons. The van der Waals surface area contributed by atoms with Crippen LogP contribution in [0.25, 0.3) is 0 Å². The molecule has 2 rings (SSSR count). The molecule has 0 heterocycles. The Bertz CT molecular complexity index is 641. The molecule has 0 amide bonds. The lowest BCUT2D eigenvalue weighted by Crippen LogP contribution is -2.42. The van der Waals surface area contributed by atoms with Gasteiger partial charge in [-0.15, -0.1) is 0 Å². The molecular formula is C18H26F3N3O2S. The minimum atomic E-state index is -4.39. The van der Waals surface area contributed by atoms with Crippen molar-refractivity contribution in [1.29, 1.82) is 0 Å². The van der Waals surface area contributed by atoms with Crippen LogP contribution < -0.4 is 20.1 Å². The van der Waals surface area contributed by atoms with Gasteiger partial charge in [-0.1, -0.05) is 6.07 Å². The molecule has 2 atom stereocenters. The number of hydrogen-bond acceptors (Lipinski definition) is 4. The van der Waals surface area contributed by atoms with E-state index in [0.29, 0.717) is 23.8 Å². The molecule has 1 aromatic rings. The number of aliphatic imine (C=N–C) groups is 1. The Hall–Kier alpha value is -1.77. The number of nitrogens with zero attached hydrogens (tertiary/aromatic N) is 1. The lowest BCUT2D eigenvalue weighted by molar-refractivity contribution is -0.153. The van der Waals surface area contributed by atoms with E-state index in [1.807, 2.05) is 11.8 Å². The standard InChI is InChI=1S/C18H26F3N3O2S/c1-22-17(24-13-5-6-14(9-13)27-3)23-10-12-4-7-15(16(8-12)25-2)26-11-18(19,20)21/h4,7-8,13-14H,5-6,9-11H2,1-3H3,(H2,22,23,24). The van der Waals surface area contributed by atoms with E-state index in [0.717, 1.165) is 18.4 Å². The molecule has 0 bridgehead atoms. The predicted molar refractivity (Wildman–Crippen MR) is 103 cm³/mol. The van der Waals surface area contributed by atoms with E-state index in [1.165, 1.54) is 19.6 Å². The molecule has 0 saturated heterocycles. The summed E-state index contributed by atoms with van der Waals surface area (Å²) >= 11 is 1.90. The lowest BCUT2D eigenvalue weighted by atomic mass is 10.2. The van der Waals surface area contributed by atoms with E-state index < -0.39 is 12.8 Å². The number of thioether (sulfide) groups is 1. The number of halogens is 3. The SMILES string of the molecule is CN=C(NCc1ccc(OCC(F)(F)F)c(OC)c1)NC1CCC(SC)C1. The number of methoxy groups -OCH3 is 1. The van der Waals surface area contributed by atoms with Gasteiger partial charge < -0.3 is 20.1 Å². The molecule has 1 aromatic carbocycles. The van der Waals surface area contributed by atoms with Crippen molar-refractivity contribution in [2.75, 3.05) is 27.0 Å². The van der Waals surface area contributed by atoms with Crippen LogP contribution in [-0.4, -0.2) is 50.4 Å². The van der Waals surface area contributed by atoms with Crippen LogP contribution in [0.1, 0.15) is 24.8 Å². The van der Waals surface area contributed by atoms with Gasteiger partial charge in [-0.05, 0) is 43.2 Å². The minimum Gasteiger partial charge on any atom is -0.493 e. The van der Waals surface area contributed by atoms with E-state index in [2.05, 4.69) is 21.9 Å². The number of hydrogen-bond donors (Lipinski definition) is 2. The number of nitrogens with one attached hydrogen (secondary N) is 2. The Labute approximate surface area is 162 Å². The molecule has 1 saturated carbocycles. The summed E-state index contributed by atoms with van der Waals surface area (Å²) in [5.41, 5.74) is 0.850. The molecule has 27 heavy (non-hydrogen) atoms. The van der Waals surface area contributed by atoms with Crippen molar-refractivity contribution in [2.45, 2.75) is 43.3 Å². The minimum absolute atomic E-state index is 0.0649. The van der Waals surface area contributed by atoms with Crippen molar-refractivity contribution in [3.8, 4) is 11.5 Å². The molecule has 1 aliphatic carbocycles. The van der Waals surface area contributed by atoms with Gasteiger partial charge in [0.05, 0.1) is 7.11 Å². The van der Waals surface area contributed by atoms with E-state index >= 15 is 0 Å². The molecule has 5 nitrogen and oxygen atoms in total. The smallest absolute Gasteiger partial charge is 0.422 e. The van der Waals surface area contributed by atoms with Crippen LogP contribution in [0.2, 0.25) is 0 Å². The van der Waals surface area contributed by atoms with Gasteiger partial charge in [-0.25, -0.2) is 0 Å². The zero-order chi connectivity index (χ0) is 19.9. The summed E-state index contributed by atoms with van der Waals surface area (Å²) in [5.74, 6) is 1.04. The van der Waals surface area contributed by atoms with Crippen LogP contribution in [-0.2, 0) is 6.54 Å². The number of alkyl halides is 3. The largest absolute Gasteiger partial charge is 0.493 e. The number of benzene rings is 1. The molecule has 1 fully saturated rings. The molecule has 152 valence electrons. The monoisotopic (exact) mass is 405 g/mol. The Kier molecular flexibility index (Phi) is 7.94. The highest BCUT2D eigenvalue weighted by Crippen LogP contribution is 2.30. The second-order valence-corrected chi connectivity index (χ2v) is 7.46. The van der Waals surface area contributed by atoms with Crippen LogP contribution in [0.4, 0.5) is 13.2 Å². The second-order valence-electron chi connectivity index (χ2n) is 6.33. The summed E-state index contributed by atoms with van der Waals surface area (Å²) < 4.78 is 46.9. The zero-order valence-electron chi connectivity index (χ0n) is 15.7. The van der Waals surface area contributed by atoms with Gasteiger partial charge in [-0.3, -0.25) is 4.99 Å². The fourth-order valence-electron chi connectivity index (χ4n) is 2.96. The first-order valence-electron chi connectivity index (χ1n) is 8.71. The van der Waals surface area contributed by atoms with Crippen molar-refractivity contribution in [2.24, 2.45) is 4.99 Å². The van der Waals surface area contributed by atoms with E-state index in [-0.39, 0.29) is 11.5 Å². The van der Waals surface area contributed by atoms with Gasteiger partial charge in [0.2, 0.25) is 0 Å². The van der Waals surface area contributed by atoms with Crippen LogP contribution in [0.15, 0.2) is 23.2 Å². The molecule has 2 N–H and O–H groups in total. The summed E-state index contributed by atoms with van der Waals surface area (Å²) in [4.78, 5) is 4.24. The maximum atomic E-state index is 12.3. The van der Waals surface area contributed by atoms with Gasteiger partial charge in [0.1, 0.15) is 0 Å². The fraction of sp³-hybridized carbons (Fsp3) is 0.611. The molecule has 0 spiro atoms. The van der Waals surface area contributed by atoms with Crippen LogP contribution in [0.5, 0.6) is 11.5 Å². The van der Waals surface area contributed by atoms with E-state index in [1.54, 1.807) is 19.2 Å². The molecule has 2 unspecified atom stereocenters. The van der Waals surface area contributed by atoms with E-state index in [9.17, 15) is 13.2 Å². The molecular weight excluding hydrogens is 379 g/mol. The summed E-state index contributed by atoms with van der Waals surface area (Å²) in [7, 11) is 3.11. The first-order valence-corrected chi connectivity index (χ1v) is 10.00. The third-order valence-corrected chi connectivity index (χ3v) is 5.46. The average Bonchev–Trinajstić information content (AvgIpc) is 3.10. The van der Waals surface area contributed by atoms with Crippen molar-refractivity contribution in [1.82, 2.24) is 10.6 Å². The van der Waals surface area contributed by atoms with Crippen molar-refractivity contribution < 1.29 is 22.6 Å². The van der Waals surface area contributed by atoms with Crippen molar-refractivity contribution in [3.05, 3.63) is 23.8 Å². The summed E-state index contributed by atoms with van der Waals surface area (Å²) in [6.45, 7) is -0.885. The van der Waals surface area contributed by atoms with Crippen molar-refractivity contribution in [3.63, 3.8) is 0 Å². The van der Waals surface area contributed by atoms with Gasteiger partial charge in [-0.2, -0.15) is 24.9 Å². The van der Waals surface area contributed by atoms with Crippen molar-refractivity contribution >= 4 is 17.7 Å². The van der Waals surface area contributed by atoms with Crippen LogP contribution >= 0.6 is 11.8 Å². The van der Waals surface area contributed by atoms with Crippen LogP contribution in [0, 0.1) is 0 Å². The highest BCUT2D eigenvalue weighted by atomic mass is 32.2. The zero-order valence-corrected chi connectivity index (χ0v) is 16.5. The predicted octanol–water partition coefficient (Wildman–Crippen LogP) is 3.59. The first-order chi connectivity index (χ1) is 12.8. The maximum absolute atomic E-state index is 12.3. The normalized spacial score (nSPS) is 20.4. The van der Waals surface area contributed by atoms with Crippen LogP contribution in [0.3, 0.4) is 0 Å². The molecule has 0 aromatic heterocycles. The second kappa shape index (κ2) is 9.96. The number of rotatable bonds is 7. The fourth-order valence-corrected chi connectivity index (χ4v) is 3.76. The van der Waals surface area contributed by atoms with Gasteiger partial charge >= 0.3 is 6.18 Å². The van der Waals surface area contributed by atoms with Gasteiger partial charge in [0, 0.05) is 24.9 Å². The number of ether oxygens (including phenoxy) is 2. The summed E-state index contributed by atoms with van der Waals surface area (Å²) in [6, 6.07) is 5.25. The Balaban J connectivity index is 1.90. The average molecular weight is 405 g/mol. The Morgan fingerprint density at radius 1 is 1.30 bits per heavy atom. The molecule has 1 aliphatic rings. The number of guanidine groups is 1. The topological polar surface area (TPSA) is 54.9 Å². The Morgan fingerprint density at radius 2 is 2.07 bits per heavy atom. The molecule has 9 heteroatoms. The first kappa shape index (κ1) is 21.5. The summed E-state index contributed by atoms with van der Waals surface area (Å²) in [6.07, 6.45) is 1.17. The highest BCUT2D eigenvalue weighted by Gasteiger charge is 2.29. The van der Waals surface area contributed by atoms with Gasteiger partial charge in [0.25, 0.3) is 0 Å². The molecule has 0 aliphatic heterocycles. The highest BCUT2D eigenvalue weighted by molar-refractivity contribution is 7.99. The lowest BCUT2D eigenvalue weighted by Gasteiger charge is -2.18. The maximum Gasteiger partial charge on any atom is 0.422 e.